The topological polar surface area (TPSA) is 97.7 Å². The molecule has 0 bridgehead atoms. The summed E-state index contributed by atoms with van der Waals surface area (Å²) in [6, 6.07) is 8.26. The number of amides is 1. The Labute approximate surface area is 191 Å². The molecular weight excluding hydrogens is 423 g/mol. The van der Waals surface area contributed by atoms with Gasteiger partial charge in [0.25, 0.3) is 5.91 Å². The van der Waals surface area contributed by atoms with Gasteiger partial charge in [-0.05, 0) is 63.9 Å². The molecule has 0 unspecified atom stereocenters. The van der Waals surface area contributed by atoms with Gasteiger partial charge in [0, 0.05) is 23.1 Å². The first-order valence-corrected chi connectivity index (χ1v) is 10.9. The largest absolute Gasteiger partial charge is 0.378 e. The number of benzene rings is 1. The normalized spacial score (nSPS) is 11.6. The molecule has 33 heavy (non-hydrogen) atoms. The molecule has 3 aromatic heterocycles. The van der Waals surface area contributed by atoms with Gasteiger partial charge in [-0.3, -0.25) is 4.79 Å². The van der Waals surface area contributed by atoms with Crippen molar-refractivity contribution in [3.05, 3.63) is 59.8 Å². The number of anilines is 1. The molecule has 9 heteroatoms. The highest BCUT2D eigenvalue weighted by Gasteiger charge is 2.17. The van der Waals surface area contributed by atoms with Crippen molar-refractivity contribution in [2.45, 2.75) is 46.3 Å². The molecule has 8 nitrogen and oxygen atoms in total. The maximum Gasteiger partial charge on any atom is 0.259 e. The average Bonchev–Trinajstić information content (AvgIpc) is 3.40. The fraction of sp³-hybridized carbons (Fsp3) is 0.333. The Morgan fingerprint density at radius 2 is 2.06 bits per heavy atom. The van der Waals surface area contributed by atoms with E-state index in [4.69, 9.17) is 4.74 Å². The van der Waals surface area contributed by atoms with Gasteiger partial charge in [0.2, 0.25) is 0 Å². The summed E-state index contributed by atoms with van der Waals surface area (Å²) in [6.07, 6.45) is 4.25. The maximum absolute atomic E-state index is 14.7. The number of hydrogen-bond acceptors (Lipinski definition) is 5. The zero-order valence-corrected chi connectivity index (χ0v) is 19.1. The second-order valence-corrected chi connectivity index (χ2v) is 8.38. The lowest BCUT2D eigenvalue weighted by atomic mass is 10.1. The Morgan fingerprint density at radius 3 is 2.82 bits per heavy atom. The molecule has 0 aliphatic heterocycles. The second kappa shape index (κ2) is 9.50. The number of rotatable bonds is 8. The highest BCUT2D eigenvalue weighted by Crippen LogP contribution is 2.24. The number of halogens is 1. The van der Waals surface area contributed by atoms with E-state index in [1.165, 1.54) is 6.07 Å². The van der Waals surface area contributed by atoms with Crippen molar-refractivity contribution in [1.29, 1.82) is 0 Å². The van der Waals surface area contributed by atoms with Crippen molar-refractivity contribution in [2.24, 2.45) is 0 Å². The highest BCUT2D eigenvalue weighted by molar-refractivity contribution is 6.06. The first kappa shape index (κ1) is 22.6. The van der Waals surface area contributed by atoms with Crippen molar-refractivity contribution >= 4 is 22.6 Å². The van der Waals surface area contributed by atoms with Crippen LogP contribution in [0.4, 0.5) is 10.2 Å². The minimum absolute atomic E-state index is 0.0503. The third kappa shape index (κ3) is 4.93. The van der Waals surface area contributed by atoms with Crippen LogP contribution in [-0.2, 0) is 11.2 Å². The third-order valence-electron chi connectivity index (χ3n) is 5.27. The molecule has 3 heterocycles. The number of H-pyrrole nitrogens is 1. The Kier molecular flexibility index (Phi) is 6.50. The molecule has 0 radical (unpaired) electrons. The smallest absolute Gasteiger partial charge is 0.259 e. The van der Waals surface area contributed by atoms with Crippen molar-refractivity contribution < 1.29 is 13.9 Å². The molecule has 172 valence electrons. The van der Waals surface area contributed by atoms with Crippen LogP contribution in [0.5, 0.6) is 0 Å². The van der Waals surface area contributed by atoms with E-state index in [1.807, 2.05) is 38.5 Å². The molecule has 1 aromatic carbocycles. The number of aromatic amines is 1. The van der Waals surface area contributed by atoms with E-state index in [9.17, 15) is 9.18 Å². The van der Waals surface area contributed by atoms with Crippen molar-refractivity contribution in [3.8, 4) is 11.5 Å². The average molecular weight is 451 g/mol. The van der Waals surface area contributed by atoms with Crippen molar-refractivity contribution in [2.75, 3.05) is 11.9 Å². The van der Waals surface area contributed by atoms with E-state index in [1.54, 1.807) is 30.6 Å². The van der Waals surface area contributed by atoms with E-state index in [-0.39, 0.29) is 17.7 Å². The lowest BCUT2D eigenvalue weighted by Gasteiger charge is -2.11. The maximum atomic E-state index is 14.7. The number of nitrogens with one attached hydrogen (secondary N) is 2. The first-order chi connectivity index (χ1) is 15.8. The van der Waals surface area contributed by atoms with Gasteiger partial charge in [-0.15, -0.1) is 10.2 Å². The summed E-state index contributed by atoms with van der Waals surface area (Å²) in [5, 5.41) is 11.6. The van der Waals surface area contributed by atoms with Gasteiger partial charge in [-0.25, -0.2) is 9.37 Å². The number of nitrogens with zero attached hydrogens (tertiary/aromatic N) is 4. The third-order valence-corrected chi connectivity index (χ3v) is 5.27. The Bertz CT molecular complexity index is 1280. The first-order valence-electron chi connectivity index (χ1n) is 10.9. The van der Waals surface area contributed by atoms with E-state index in [2.05, 4.69) is 25.5 Å². The fourth-order valence-corrected chi connectivity index (χ4v) is 3.60. The summed E-state index contributed by atoms with van der Waals surface area (Å²) in [5.41, 5.74) is 2.11. The molecule has 0 saturated carbocycles. The van der Waals surface area contributed by atoms with Gasteiger partial charge in [-0.2, -0.15) is 0 Å². The van der Waals surface area contributed by atoms with Crippen LogP contribution < -0.4 is 5.32 Å². The molecule has 4 rings (SSSR count). The lowest BCUT2D eigenvalue weighted by molar-refractivity contribution is 0.0815. The van der Waals surface area contributed by atoms with Crippen LogP contribution in [0.25, 0.3) is 22.4 Å². The quantitative estimate of drug-likeness (QED) is 0.403. The molecule has 4 aromatic rings. The summed E-state index contributed by atoms with van der Waals surface area (Å²) >= 11 is 0. The van der Waals surface area contributed by atoms with E-state index in [0.717, 1.165) is 10.9 Å². The van der Waals surface area contributed by atoms with Crippen LogP contribution >= 0.6 is 0 Å². The number of aromatic nitrogens is 5. The molecule has 0 fully saturated rings. The minimum atomic E-state index is -0.609. The molecule has 0 aliphatic rings. The zero-order chi connectivity index (χ0) is 23.5. The Balaban J connectivity index is 1.58. The molecule has 0 saturated heterocycles. The van der Waals surface area contributed by atoms with Gasteiger partial charge < -0.3 is 19.6 Å². The van der Waals surface area contributed by atoms with Crippen LogP contribution in [0.2, 0.25) is 0 Å². The standard InChI is InChI=1S/C24H27FN6O2/c1-14(2)31-13-27-30-23(31)20-6-5-7-22(28-20)29-24(32)18-10-17-16(8-9-33-15(3)4)12-26-21(17)11-19(18)25/h5-7,10-15,26H,8-9H2,1-4H3,(H,28,29,32). The molecule has 0 spiro atoms. The van der Waals surface area contributed by atoms with E-state index < -0.39 is 11.7 Å². The summed E-state index contributed by atoms with van der Waals surface area (Å²) < 4.78 is 22.2. The molecule has 0 aliphatic carbocycles. The number of hydrogen-bond donors (Lipinski definition) is 2. The van der Waals surface area contributed by atoms with Gasteiger partial charge in [0.05, 0.1) is 18.3 Å². The van der Waals surface area contributed by atoms with Gasteiger partial charge in [0.1, 0.15) is 23.7 Å². The number of ether oxygens (including phenoxy) is 1. The Morgan fingerprint density at radius 1 is 1.24 bits per heavy atom. The van der Waals surface area contributed by atoms with E-state index >= 15 is 0 Å². The predicted molar refractivity (Wildman–Crippen MR) is 125 cm³/mol. The van der Waals surface area contributed by atoms with Gasteiger partial charge >= 0.3 is 0 Å². The van der Waals surface area contributed by atoms with Crippen LogP contribution in [0, 0.1) is 5.82 Å². The highest BCUT2D eigenvalue weighted by atomic mass is 19.1. The predicted octanol–water partition coefficient (Wildman–Crippen LogP) is 4.76. The number of carbonyl (C=O) groups excluding carboxylic acids is 1. The zero-order valence-electron chi connectivity index (χ0n) is 19.1. The number of fused-ring (bicyclic) bond motifs is 1. The van der Waals surface area contributed by atoms with Crippen molar-refractivity contribution in [1.82, 2.24) is 24.7 Å². The fourth-order valence-electron chi connectivity index (χ4n) is 3.60. The van der Waals surface area contributed by atoms with Crippen molar-refractivity contribution in [3.63, 3.8) is 0 Å². The summed E-state index contributed by atoms with van der Waals surface area (Å²) in [6.45, 7) is 8.52. The van der Waals surface area contributed by atoms with Crippen LogP contribution in [0.1, 0.15) is 49.7 Å². The van der Waals surface area contributed by atoms with Crippen LogP contribution in [0.3, 0.4) is 0 Å². The second-order valence-electron chi connectivity index (χ2n) is 8.38. The number of carbonyl (C=O) groups is 1. The minimum Gasteiger partial charge on any atom is -0.378 e. The summed E-state index contributed by atoms with van der Waals surface area (Å²) in [7, 11) is 0. The summed E-state index contributed by atoms with van der Waals surface area (Å²) in [5.74, 6) is -0.290. The van der Waals surface area contributed by atoms with Crippen LogP contribution in [-0.4, -0.2) is 43.4 Å². The van der Waals surface area contributed by atoms with Gasteiger partial charge in [-0.1, -0.05) is 6.07 Å². The Hall–Kier alpha value is -3.59. The monoisotopic (exact) mass is 450 g/mol. The SMILES string of the molecule is CC(C)OCCc1c[nH]c2cc(F)c(C(=O)Nc3cccc(-c4nncn4C(C)C)n3)cc12. The van der Waals surface area contributed by atoms with E-state index in [0.29, 0.717) is 35.9 Å². The molecule has 1 amide bonds. The molecule has 2 N–H and O–H groups in total. The lowest BCUT2D eigenvalue weighted by Crippen LogP contribution is -2.15. The van der Waals surface area contributed by atoms with Gasteiger partial charge in [0.15, 0.2) is 5.82 Å². The molecule has 0 atom stereocenters. The summed E-state index contributed by atoms with van der Waals surface area (Å²) in [4.78, 5) is 20.5. The van der Waals surface area contributed by atoms with Crippen LogP contribution in [0.15, 0.2) is 42.9 Å². The molecular formula is C24H27FN6O2. The number of pyridine rings is 1.